The number of hydrogen-bond donors (Lipinski definition) is 2. The molecule has 1 fully saturated rings. The second kappa shape index (κ2) is 11.2. The molecule has 40 heavy (non-hydrogen) atoms. The minimum absolute atomic E-state index is 0.000555. The molecule has 0 radical (unpaired) electrons. The van der Waals surface area contributed by atoms with Crippen molar-refractivity contribution in [3.63, 3.8) is 0 Å². The van der Waals surface area contributed by atoms with Gasteiger partial charge in [-0.25, -0.2) is 18.8 Å². The zero-order valence-corrected chi connectivity index (χ0v) is 21.5. The largest absolute Gasteiger partial charge is 0.459 e. The first-order valence-corrected chi connectivity index (χ1v) is 12.5. The molecule has 202 valence electrons. The maximum absolute atomic E-state index is 13.6. The van der Waals surface area contributed by atoms with Crippen molar-refractivity contribution < 1.29 is 23.5 Å². The molecule has 0 saturated carbocycles. The van der Waals surface area contributed by atoms with Gasteiger partial charge in [0, 0.05) is 12.1 Å². The smallest absolute Gasteiger partial charge is 0.329 e. The molecule has 10 heteroatoms. The first-order valence-electron chi connectivity index (χ1n) is 12.5. The lowest BCUT2D eigenvalue weighted by atomic mass is 10.1. The third-order valence-corrected chi connectivity index (χ3v) is 6.44. The van der Waals surface area contributed by atoms with Gasteiger partial charge in [0.25, 0.3) is 11.5 Å². The molecule has 0 bridgehead atoms. The molecule has 2 N–H and O–H groups in total. The summed E-state index contributed by atoms with van der Waals surface area (Å²) < 4.78 is 20.0. The number of imide groups is 1. The predicted octanol–water partition coefficient (Wildman–Crippen LogP) is 3.84. The number of esters is 1. The number of aryl methyl sites for hydroxylation is 1. The maximum Gasteiger partial charge on any atom is 0.329 e. The van der Waals surface area contributed by atoms with Gasteiger partial charge in [-0.1, -0.05) is 60.7 Å². The number of nitrogens with zero attached hydrogens (tertiary/aromatic N) is 2. The summed E-state index contributed by atoms with van der Waals surface area (Å²) in [4.78, 5) is 52.3. The number of ether oxygens (including phenoxy) is 1. The van der Waals surface area contributed by atoms with Crippen LogP contribution in [0.1, 0.15) is 27.9 Å². The topological polar surface area (TPSA) is 114 Å². The van der Waals surface area contributed by atoms with Crippen molar-refractivity contribution in [2.24, 2.45) is 0 Å². The number of aromatic nitrogens is 2. The molecule has 1 saturated heterocycles. The molecular weight excluding hydrogens is 515 g/mol. The number of H-pyrrole nitrogens is 1. The van der Waals surface area contributed by atoms with Crippen LogP contribution in [0, 0.1) is 12.7 Å². The molecule has 4 aromatic rings. The van der Waals surface area contributed by atoms with Crippen molar-refractivity contribution in [2.45, 2.75) is 20.0 Å². The number of rotatable bonds is 8. The van der Waals surface area contributed by atoms with Crippen molar-refractivity contribution in [3.8, 4) is 5.69 Å². The Morgan fingerprint density at radius 2 is 1.62 bits per heavy atom. The number of halogens is 1. The highest BCUT2D eigenvalue weighted by Crippen LogP contribution is 2.19. The van der Waals surface area contributed by atoms with Crippen LogP contribution in [-0.2, 0) is 27.4 Å². The first-order chi connectivity index (χ1) is 19.3. The SMILES string of the molecule is Cc1ccccc1-n1[nH]c(Cc2ccc(F)cc2)c(/C=C2\NC(=O)N(CC(=O)OCc3ccccc3)C2=O)c1=O. The third-order valence-electron chi connectivity index (χ3n) is 6.44. The quantitative estimate of drug-likeness (QED) is 0.200. The zero-order chi connectivity index (χ0) is 28.2. The van der Waals surface area contributed by atoms with Crippen molar-refractivity contribution in [1.82, 2.24) is 20.0 Å². The Hall–Kier alpha value is -5.25. The van der Waals surface area contributed by atoms with E-state index in [1.807, 2.05) is 25.1 Å². The van der Waals surface area contributed by atoms with Crippen LogP contribution in [0.4, 0.5) is 9.18 Å². The van der Waals surface area contributed by atoms with Crippen LogP contribution in [0.2, 0.25) is 0 Å². The van der Waals surface area contributed by atoms with Gasteiger partial charge in [-0.15, -0.1) is 0 Å². The molecule has 1 aliphatic rings. The van der Waals surface area contributed by atoms with Crippen LogP contribution in [-0.4, -0.2) is 39.1 Å². The third kappa shape index (κ3) is 5.60. The van der Waals surface area contributed by atoms with E-state index in [-0.39, 0.29) is 24.3 Å². The van der Waals surface area contributed by atoms with Gasteiger partial charge >= 0.3 is 12.0 Å². The average Bonchev–Trinajstić information content (AvgIpc) is 3.39. The van der Waals surface area contributed by atoms with E-state index in [2.05, 4.69) is 10.4 Å². The first kappa shape index (κ1) is 26.4. The van der Waals surface area contributed by atoms with E-state index >= 15 is 0 Å². The normalized spacial score (nSPS) is 14.1. The van der Waals surface area contributed by atoms with Crippen LogP contribution < -0.4 is 10.9 Å². The molecule has 0 spiro atoms. The van der Waals surface area contributed by atoms with Gasteiger partial charge in [0.15, 0.2) is 0 Å². The van der Waals surface area contributed by atoms with E-state index < -0.39 is 35.8 Å². The number of para-hydroxylation sites is 1. The van der Waals surface area contributed by atoms with E-state index in [0.29, 0.717) is 11.4 Å². The Morgan fingerprint density at radius 1 is 0.925 bits per heavy atom. The fraction of sp³-hybridized carbons (Fsp3) is 0.133. The molecule has 1 aliphatic heterocycles. The van der Waals surface area contributed by atoms with Gasteiger partial charge < -0.3 is 10.1 Å². The predicted molar refractivity (Wildman–Crippen MR) is 145 cm³/mol. The molecule has 2 heterocycles. The Labute approximate surface area is 228 Å². The number of carbonyl (C=O) groups excluding carboxylic acids is 3. The highest BCUT2D eigenvalue weighted by molar-refractivity contribution is 6.15. The average molecular weight is 541 g/mol. The standard InChI is InChI=1S/C30H25FN4O5/c1-19-7-5-6-10-26(19)35-28(37)23(24(33-35)15-20-11-13-22(31)14-12-20)16-25-29(38)34(30(39)32-25)17-27(36)40-18-21-8-3-2-4-9-21/h2-14,16,33H,15,17-18H2,1H3,(H,32,39)/b25-16-. The van der Waals surface area contributed by atoms with E-state index in [9.17, 15) is 23.6 Å². The molecule has 1 aromatic heterocycles. The summed E-state index contributed by atoms with van der Waals surface area (Å²) in [6.07, 6.45) is 1.52. The van der Waals surface area contributed by atoms with Gasteiger partial charge in [0.05, 0.1) is 11.3 Å². The Morgan fingerprint density at radius 3 is 2.35 bits per heavy atom. The monoisotopic (exact) mass is 540 g/mol. The number of benzene rings is 3. The maximum atomic E-state index is 13.6. The minimum atomic E-state index is -0.803. The van der Waals surface area contributed by atoms with Crippen LogP contribution in [0.3, 0.4) is 0 Å². The van der Waals surface area contributed by atoms with E-state index in [1.165, 1.54) is 22.9 Å². The number of urea groups is 1. The lowest BCUT2D eigenvalue weighted by Crippen LogP contribution is -2.36. The number of aromatic amines is 1. The van der Waals surface area contributed by atoms with Gasteiger partial charge in [-0.3, -0.25) is 19.5 Å². The molecule has 3 amide bonds. The minimum Gasteiger partial charge on any atom is -0.459 e. The summed E-state index contributed by atoms with van der Waals surface area (Å²) in [5, 5.41) is 5.55. The highest BCUT2D eigenvalue weighted by Gasteiger charge is 2.36. The van der Waals surface area contributed by atoms with E-state index in [1.54, 1.807) is 48.5 Å². The van der Waals surface area contributed by atoms with E-state index in [4.69, 9.17) is 4.74 Å². The molecule has 5 rings (SSSR count). The van der Waals surface area contributed by atoms with Gasteiger partial charge in [0.1, 0.15) is 24.7 Å². The van der Waals surface area contributed by atoms with Crippen LogP contribution >= 0.6 is 0 Å². The van der Waals surface area contributed by atoms with Gasteiger partial charge in [-0.2, -0.15) is 0 Å². The summed E-state index contributed by atoms with van der Waals surface area (Å²) >= 11 is 0. The fourth-order valence-corrected chi connectivity index (χ4v) is 4.34. The van der Waals surface area contributed by atoms with Crippen LogP contribution in [0.15, 0.2) is 89.4 Å². The summed E-state index contributed by atoms with van der Waals surface area (Å²) in [6, 6.07) is 21.3. The van der Waals surface area contributed by atoms with Crippen LogP contribution in [0.25, 0.3) is 11.8 Å². The zero-order valence-electron chi connectivity index (χ0n) is 21.5. The Kier molecular flexibility index (Phi) is 7.41. The lowest BCUT2D eigenvalue weighted by Gasteiger charge is -2.11. The molecule has 3 aromatic carbocycles. The second-order valence-corrected chi connectivity index (χ2v) is 9.26. The van der Waals surface area contributed by atoms with Crippen molar-refractivity contribution in [2.75, 3.05) is 6.54 Å². The molecular formula is C30H25FN4O5. The number of nitrogens with one attached hydrogen (secondary N) is 2. The van der Waals surface area contributed by atoms with Crippen molar-refractivity contribution in [3.05, 3.63) is 129 Å². The lowest BCUT2D eigenvalue weighted by molar-refractivity contribution is -0.147. The summed E-state index contributed by atoms with van der Waals surface area (Å²) in [5.41, 5.74) is 2.94. The van der Waals surface area contributed by atoms with Crippen molar-refractivity contribution >= 4 is 24.0 Å². The second-order valence-electron chi connectivity index (χ2n) is 9.26. The molecule has 0 unspecified atom stereocenters. The van der Waals surface area contributed by atoms with E-state index in [0.717, 1.165) is 21.6 Å². The fourth-order valence-electron chi connectivity index (χ4n) is 4.34. The molecule has 0 aliphatic carbocycles. The van der Waals surface area contributed by atoms with Gasteiger partial charge in [0.2, 0.25) is 0 Å². The molecule has 0 atom stereocenters. The Balaban J connectivity index is 1.43. The van der Waals surface area contributed by atoms with Crippen LogP contribution in [0.5, 0.6) is 0 Å². The number of carbonyl (C=O) groups is 3. The summed E-state index contributed by atoms with van der Waals surface area (Å²) in [7, 11) is 0. The summed E-state index contributed by atoms with van der Waals surface area (Å²) in [5.74, 6) is -1.91. The number of amides is 3. The summed E-state index contributed by atoms with van der Waals surface area (Å²) in [6.45, 7) is 1.27. The van der Waals surface area contributed by atoms with Crippen molar-refractivity contribution in [1.29, 1.82) is 0 Å². The van der Waals surface area contributed by atoms with Gasteiger partial charge in [-0.05, 0) is 47.9 Å². The number of hydrogen-bond acceptors (Lipinski definition) is 5. The molecule has 9 nitrogen and oxygen atoms in total. The Bertz CT molecular complexity index is 1670. The highest BCUT2D eigenvalue weighted by atomic mass is 19.1.